The molecule has 7 heteroatoms. The average Bonchev–Trinajstić information content (AvgIpc) is 3.11. The lowest BCUT2D eigenvalue weighted by atomic mass is 9.78. The van der Waals surface area contributed by atoms with Crippen molar-refractivity contribution in [1.82, 2.24) is 0 Å². The fourth-order valence-electron chi connectivity index (χ4n) is 4.70. The van der Waals surface area contributed by atoms with Crippen molar-refractivity contribution in [2.75, 3.05) is 20.3 Å². The molecular formula is C18H20O7. The second-order valence-electron chi connectivity index (χ2n) is 6.86. The first kappa shape index (κ1) is 16.5. The van der Waals surface area contributed by atoms with Crippen LogP contribution < -0.4 is 0 Å². The molecule has 2 bridgehead atoms. The maximum atomic E-state index is 12.7. The average molecular weight is 348 g/mol. The maximum absolute atomic E-state index is 12.7. The molecular weight excluding hydrogens is 328 g/mol. The first-order valence-corrected chi connectivity index (χ1v) is 8.46. The second-order valence-corrected chi connectivity index (χ2v) is 6.86. The Morgan fingerprint density at radius 2 is 1.96 bits per heavy atom. The Kier molecular flexibility index (Phi) is 3.81. The molecule has 4 aliphatic rings. The fraction of sp³-hybridized carbons (Fsp3) is 0.611. The number of hydrogen-bond donors (Lipinski definition) is 0. The van der Waals surface area contributed by atoms with E-state index < -0.39 is 29.7 Å². The van der Waals surface area contributed by atoms with Crippen LogP contribution in [0, 0.1) is 17.8 Å². The highest BCUT2D eigenvalue weighted by Crippen LogP contribution is 2.56. The standard InChI is InChI=1S/C18H20O7/c1-9(19)25-16-12-7-11-10(17(21)22-2)3-4-18(23-5-6-24-18)13(15(11)16)8-14(12)20/h3,8,11-12,15-16H,4-7H2,1-2H3/t11-,12+,15-,16?/m0/s1. The zero-order valence-electron chi connectivity index (χ0n) is 14.2. The Balaban J connectivity index is 1.85. The Morgan fingerprint density at radius 1 is 1.24 bits per heavy atom. The molecule has 0 aromatic rings. The molecule has 0 aromatic heterocycles. The van der Waals surface area contributed by atoms with Crippen molar-refractivity contribution in [2.45, 2.75) is 31.7 Å². The molecule has 1 heterocycles. The first-order valence-electron chi connectivity index (χ1n) is 8.46. The number of carbonyl (C=O) groups excluding carboxylic acids is 3. The summed E-state index contributed by atoms with van der Waals surface area (Å²) in [6, 6.07) is 0. The molecule has 4 atom stereocenters. The lowest BCUT2D eigenvalue weighted by Crippen LogP contribution is -2.44. The smallest absolute Gasteiger partial charge is 0.333 e. The van der Waals surface area contributed by atoms with Gasteiger partial charge in [-0.2, -0.15) is 0 Å². The Hall–Kier alpha value is -1.99. The van der Waals surface area contributed by atoms with Gasteiger partial charge in [0.1, 0.15) is 6.10 Å². The zero-order chi connectivity index (χ0) is 17.8. The summed E-state index contributed by atoms with van der Waals surface area (Å²) in [5.74, 6) is -3.08. The minimum Gasteiger partial charge on any atom is -0.466 e. The van der Waals surface area contributed by atoms with Crippen molar-refractivity contribution in [3.05, 3.63) is 23.3 Å². The van der Waals surface area contributed by atoms with Gasteiger partial charge in [0, 0.05) is 30.8 Å². The molecule has 1 spiro atoms. The number of rotatable bonds is 2. The van der Waals surface area contributed by atoms with E-state index in [1.165, 1.54) is 14.0 Å². The van der Waals surface area contributed by atoms with Gasteiger partial charge in [0.2, 0.25) is 0 Å². The van der Waals surface area contributed by atoms with Crippen LogP contribution in [0.3, 0.4) is 0 Å². The molecule has 7 nitrogen and oxygen atoms in total. The summed E-state index contributed by atoms with van der Waals surface area (Å²) in [7, 11) is 1.33. The molecule has 134 valence electrons. The van der Waals surface area contributed by atoms with Gasteiger partial charge in [-0.15, -0.1) is 0 Å². The molecule has 0 radical (unpaired) electrons. The molecule has 1 saturated heterocycles. The molecule has 25 heavy (non-hydrogen) atoms. The van der Waals surface area contributed by atoms with Crippen LogP contribution in [0.1, 0.15) is 19.8 Å². The van der Waals surface area contributed by atoms with Gasteiger partial charge in [0.05, 0.1) is 26.2 Å². The van der Waals surface area contributed by atoms with Crippen LogP contribution in [0.4, 0.5) is 0 Å². The number of ketones is 1. The van der Waals surface area contributed by atoms with Crippen LogP contribution in [-0.2, 0) is 33.3 Å². The van der Waals surface area contributed by atoms with E-state index in [1.54, 1.807) is 12.2 Å². The van der Waals surface area contributed by atoms with E-state index in [2.05, 4.69) is 0 Å². The van der Waals surface area contributed by atoms with E-state index in [0.29, 0.717) is 37.2 Å². The van der Waals surface area contributed by atoms with Crippen molar-refractivity contribution >= 4 is 17.7 Å². The minimum absolute atomic E-state index is 0.107. The third kappa shape index (κ3) is 2.37. The van der Waals surface area contributed by atoms with E-state index in [4.69, 9.17) is 18.9 Å². The van der Waals surface area contributed by atoms with Crippen molar-refractivity contribution in [3.63, 3.8) is 0 Å². The van der Waals surface area contributed by atoms with E-state index in [1.807, 2.05) is 0 Å². The summed E-state index contributed by atoms with van der Waals surface area (Å²) in [6.07, 6.45) is 3.53. The van der Waals surface area contributed by atoms with Gasteiger partial charge in [-0.3, -0.25) is 9.59 Å². The second kappa shape index (κ2) is 5.78. The Morgan fingerprint density at radius 3 is 2.60 bits per heavy atom. The number of methoxy groups -OCH3 is 1. The van der Waals surface area contributed by atoms with Gasteiger partial charge in [-0.1, -0.05) is 6.08 Å². The van der Waals surface area contributed by atoms with E-state index in [-0.39, 0.29) is 17.6 Å². The number of esters is 2. The number of ether oxygens (including phenoxy) is 4. The van der Waals surface area contributed by atoms with Gasteiger partial charge >= 0.3 is 11.9 Å². The van der Waals surface area contributed by atoms with Crippen LogP contribution >= 0.6 is 0 Å². The quantitative estimate of drug-likeness (QED) is 0.686. The highest BCUT2D eigenvalue weighted by molar-refractivity contribution is 5.97. The maximum Gasteiger partial charge on any atom is 0.333 e. The van der Waals surface area contributed by atoms with Gasteiger partial charge in [0.25, 0.3) is 0 Å². The molecule has 1 aliphatic heterocycles. The topological polar surface area (TPSA) is 88.1 Å². The molecule has 1 unspecified atom stereocenters. The normalized spacial score (nSPS) is 35.0. The molecule has 0 aromatic carbocycles. The molecule has 0 amide bonds. The predicted octanol–water partition coefficient (Wildman–Crippen LogP) is 0.926. The molecule has 2 fully saturated rings. The van der Waals surface area contributed by atoms with Crippen molar-refractivity contribution < 1.29 is 33.3 Å². The predicted molar refractivity (Wildman–Crippen MR) is 83.1 cm³/mol. The highest BCUT2D eigenvalue weighted by Gasteiger charge is 2.60. The third-order valence-electron chi connectivity index (χ3n) is 5.62. The monoisotopic (exact) mass is 348 g/mol. The SMILES string of the molecule is COC(=O)C1=CCC2(OCCO2)C2=CC(=O)[C@H]3C[C@@H]1[C@@H]2C3OC(C)=O. The Bertz CT molecular complexity index is 698. The van der Waals surface area contributed by atoms with Crippen molar-refractivity contribution in [1.29, 1.82) is 0 Å². The zero-order valence-corrected chi connectivity index (χ0v) is 14.2. The van der Waals surface area contributed by atoms with Crippen LogP contribution in [0.15, 0.2) is 23.3 Å². The fourth-order valence-corrected chi connectivity index (χ4v) is 4.70. The number of carbonyl (C=O) groups is 3. The number of hydrogen-bond acceptors (Lipinski definition) is 7. The summed E-state index contributed by atoms with van der Waals surface area (Å²) >= 11 is 0. The molecule has 1 saturated carbocycles. The number of fused-ring (bicyclic) bond motifs is 2. The van der Waals surface area contributed by atoms with Gasteiger partial charge in [-0.25, -0.2) is 4.79 Å². The van der Waals surface area contributed by atoms with E-state index in [9.17, 15) is 14.4 Å². The summed E-state index contributed by atoms with van der Waals surface area (Å²) in [5, 5.41) is 0. The Labute approximate surface area is 144 Å². The summed E-state index contributed by atoms with van der Waals surface area (Å²) in [6.45, 7) is 2.14. The van der Waals surface area contributed by atoms with Crippen LogP contribution in [0.5, 0.6) is 0 Å². The lowest BCUT2D eigenvalue weighted by Gasteiger charge is -2.37. The van der Waals surface area contributed by atoms with Crippen molar-refractivity contribution in [3.8, 4) is 0 Å². The number of allylic oxidation sites excluding steroid dienone is 1. The van der Waals surface area contributed by atoms with Crippen LogP contribution in [0.2, 0.25) is 0 Å². The summed E-state index contributed by atoms with van der Waals surface area (Å²) < 4.78 is 22.2. The summed E-state index contributed by atoms with van der Waals surface area (Å²) in [4.78, 5) is 36.6. The molecule has 4 rings (SSSR count). The van der Waals surface area contributed by atoms with Gasteiger partial charge in [-0.05, 0) is 18.1 Å². The lowest BCUT2D eigenvalue weighted by molar-refractivity contribution is -0.158. The van der Waals surface area contributed by atoms with Crippen molar-refractivity contribution in [2.24, 2.45) is 17.8 Å². The van der Waals surface area contributed by atoms with E-state index in [0.717, 1.165) is 0 Å². The molecule has 3 aliphatic carbocycles. The van der Waals surface area contributed by atoms with Gasteiger partial charge in [0.15, 0.2) is 11.6 Å². The van der Waals surface area contributed by atoms with E-state index >= 15 is 0 Å². The third-order valence-corrected chi connectivity index (χ3v) is 5.62. The summed E-state index contributed by atoms with van der Waals surface area (Å²) in [5.41, 5.74) is 1.18. The van der Waals surface area contributed by atoms with Gasteiger partial charge < -0.3 is 18.9 Å². The largest absolute Gasteiger partial charge is 0.466 e. The highest BCUT2D eigenvalue weighted by atomic mass is 16.7. The molecule has 0 N–H and O–H groups in total. The van der Waals surface area contributed by atoms with Crippen LogP contribution in [-0.4, -0.2) is 49.9 Å². The first-order chi connectivity index (χ1) is 12.0. The van der Waals surface area contributed by atoms with Crippen LogP contribution in [0.25, 0.3) is 0 Å². The minimum atomic E-state index is -1.07.